The SMILES string of the molecule is [C-]#[N+]c1ccc2c(c1)c(-c1cncc([N+](=O)[O-])c1C)cn2-c1ccc(OC)cc1. The minimum absolute atomic E-state index is 0.0332. The third kappa shape index (κ3) is 3.07. The highest BCUT2D eigenvalue weighted by molar-refractivity contribution is 5.99. The van der Waals surface area contributed by atoms with Crippen molar-refractivity contribution >= 4 is 22.3 Å². The van der Waals surface area contributed by atoms with Crippen molar-refractivity contribution in [1.82, 2.24) is 9.55 Å². The molecule has 0 fully saturated rings. The van der Waals surface area contributed by atoms with Gasteiger partial charge in [-0.2, -0.15) is 0 Å². The Bertz CT molecular complexity index is 1280. The van der Waals surface area contributed by atoms with E-state index in [9.17, 15) is 10.1 Å². The summed E-state index contributed by atoms with van der Waals surface area (Å²) < 4.78 is 7.23. The molecule has 4 rings (SSSR count). The number of rotatable bonds is 4. The largest absolute Gasteiger partial charge is 0.497 e. The number of aromatic nitrogens is 2. The Morgan fingerprint density at radius 2 is 1.90 bits per heavy atom. The summed E-state index contributed by atoms with van der Waals surface area (Å²) in [6, 6.07) is 13.1. The highest BCUT2D eigenvalue weighted by Gasteiger charge is 2.19. The summed E-state index contributed by atoms with van der Waals surface area (Å²) in [6.07, 6.45) is 4.81. The van der Waals surface area contributed by atoms with Crippen LogP contribution in [0.5, 0.6) is 5.75 Å². The van der Waals surface area contributed by atoms with Gasteiger partial charge in [0.1, 0.15) is 11.9 Å². The zero-order valence-corrected chi connectivity index (χ0v) is 15.8. The van der Waals surface area contributed by atoms with Crippen LogP contribution in [0.3, 0.4) is 0 Å². The summed E-state index contributed by atoms with van der Waals surface area (Å²) in [5.74, 6) is 0.749. The number of ether oxygens (including phenoxy) is 1. The van der Waals surface area contributed by atoms with Gasteiger partial charge in [-0.15, -0.1) is 0 Å². The van der Waals surface area contributed by atoms with Gasteiger partial charge in [0.2, 0.25) is 0 Å². The molecule has 0 saturated heterocycles. The number of methoxy groups -OCH3 is 1. The Labute approximate surface area is 166 Å². The molecule has 2 aromatic carbocycles. The maximum absolute atomic E-state index is 11.4. The normalized spacial score (nSPS) is 10.7. The molecule has 2 heterocycles. The molecular formula is C22H16N4O3. The Morgan fingerprint density at radius 3 is 2.55 bits per heavy atom. The zero-order valence-electron chi connectivity index (χ0n) is 15.8. The molecule has 0 unspecified atom stereocenters. The molecule has 142 valence electrons. The summed E-state index contributed by atoms with van der Waals surface area (Å²) in [7, 11) is 1.61. The smallest absolute Gasteiger partial charge is 0.291 e. The number of nitrogens with zero attached hydrogens (tertiary/aromatic N) is 4. The third-order valence-electron chi connectivity index (χ3n) is 4.94. The van der Waals surface area contributed by atoms with Gasteiger partial charge in [0.25, 0.3) is 5.69 Å². The first-order valence-corrected chi connectivity index (χ1v) is 8.80. The molecule has 4 aromatic rings. The van der Waals surface area contributed by atoms with Crippen LogP contribution in [-0.4, -0.2) is 21.6 Å². The van der Waals surface area contributed by atoms with Crippen LogP contribution in [0.2, 0.25) is 0 Å². The van der Waals surface area contributed by atoms with E-state index < -0.39 is 4.92 Å². The van der Waals surface area contributed by atoms with E-state index in [4.69, 9.17) is 11.3 Å². The molecule has 0 aliphatic heterocycles. The number of pyridine rings is 1. The number of fused-ring (bicyclic) bond motifs is 1. The quantitative estimate of drug-likeness (QED) is 0.266. The predicted molar refractivity (Wildman–Crippen MR) is 111 cm³/mol. The summed E-state index contributed by atoms with van der Waals surface area (Å²) in [5, 5.41) is 12.2. The fourth-order valence-corrected chi connectivity index (χ4v) is 3.43. The number of hydrogen-bond donors (Lipinski definition) is 0. The summed E-state index contributed by atoms with van der Waals surface area (Å²) in [5.41, 5.74) is 4.26. The molecular weight excluding hydrogens is 368 g/mol. The average molecular weight is 384 g/mol. The lowest BCUT2D eigenvalue weighted by atomic mass is 10.0. The first-order valence-electron chi connectivity index (χ1n) is 8.80. The summed E-state index contributed by atoms with van der Waals surface area (Å²) in [6.45, 7) is 9.06. The van der Waals surface area contributed by atoms with Gasteiger partial charge in [0, 0.05) is 34.8 Å². The Morgan fingerprint density at radius 1 is 1.14 bits per heavy atom. The van der Waals surface area contributed by atoms with Crippen LogP contribution >= 0.6 is 0 Å². The highest BCUT2D eigenvalue weighted by atomic mass is 16.6. The van der Waals surface area contributed by atoms with Crippen molar-refractivity contribution in [2.75, 3.05) is 7.11 Å². The van der Waals surface area contributed by atoms with Crippen LogP contribution in [0.15, 0.2) is 61.1 Å². The topological polar surface area (TPSA) is 74.5 Å². The molecule has 29 heavy (non-hydrogen) atoms. The van der Waals surface area contributed by atoms with Crippen molar-refractivity contribution in [3.8, 4) is 22.6 Å². The average Bonchev–Trinajstić information content (AvgIpc) is 3.12. The molecule has 0 bridgehead atoms. The second-order valence-electron chi connectivity index (χ2n) is 6.51. The molecule has 0 spiro atoms. The van der Waals surface area contributed by atoms with E-state index in [1.165, 1.54) is 6.20 Å². The first kappa shape index (κ1) is 18.2. The molecule has 0 atom stereocenters. The summed E-state index contributed by atoms with van der Waals surface area (Å²) in [4.78, 5) is 18.5. The number of benzene rings is 2. The van der Waals surface area contributed by atoms with Gasteiger partial charge >= 0.3 is 0 Å². The van der Waals surface area contributed by atoms with Gasteiger partial charge < -0.3 is 9.30 Å². The predicted octanol–water partition coefficient (Wildman–Crippen LogP) is 5.47. The number of nitro groups is 1. The van der Waals surface area contributed by atoms with Gasteiger partial charge in [-0.3, -0.25) is 15.1 Å². The molecule has 0 aliphatic carbocycles. The van der Waals surface area contributed by atoms with Gasteiger partial charge in [0.15, 0.2) is 5.69 Å². The lowest BCUT2D eigenvalue weighted by Gasteiger charge is -2.06. The van der Waals surface area contributed by atoms with Crippen molar-refractivity contribution in [2.45, 2.75) is 6.92 Å². The van der Waals surface area contributed by atoms with Crippen LogP contribution in [0, 0.1) is 23.6 Å². The van der Waals surface area contributed by atoms with Crippen LogP contribution in [0.25, 0.3) is 32.6 Å². The molecule has 2 aromatic heterocycles. The minimum atomic E-state index is -0.431. The monoisotopic (exact) mass is 384 g/mol. The van der Waals surface area contributed by atoms with Crippen LogP contribution in [0.1, 0.15) is 5.56 Å². The van der Waals surface area contributed by atoms with Crippen LogP contribution in [0.4, 0.5) is 11.4 Å². The van der Waals surface area contributed by atoms with E-state index in [0.29, 0.717) is 16.8 Å². The first-order chi connectivity index (χ1) is 14.0. The zero-order chi connectivity index (χ0) is 20.5. The van der Waals surface area contributed by atoms with Crippen LogP contribution < -0.4 is 4.74 Å². The molecule has 0 saturated carbocycles. The number of hydrogen-bond acceptors (Lipinski definition) is 4. The van der Waals surface area contributed by atoms with E-state index in [1.54, 1.807) is 32.4 Å². The van der Waals surface area contributed by atoms with Crippen LogP contribution in [-0.2, 0) is 0 Å². The lowest BCUT2D eigenvalue weighted by molar-refractivity contribution is -0.385. The molecule has 0 amide bonds. The Kier molecular flexibility index (Phi) is 4.45. The maximum Gasteiger partial charge on any atom is 0.291 e. The second kappa shape index (κ2) is 7.09. The van der Waals surface area contributed by atoms with Gasteiger partial charge in [-0.05, 0) is 48.7 Å². The highest BCUT2D eigenvalue weighted by Crippen LogP contribution is 2.38. The van der Waals surface area contributed by atoms with Gasteiger partial charge in [-0.25, -0.2) is 4.85 Å². The maximum atomic E-state index is 11.4. The Balaban J connectivity index is 2.01. The molecule has 7 heteroatoms. The van der Waals surface area contributed by atoms with E-state index in [0.717, 1.165) is 27.9 Å². The third-order valence-corrected chi connectivity index (χ3v) is 4.94. The van der Waals surface area contributed by atoms with Gasteiger partial charge in [0.05, 0.1) is 24.1 Å². The molecule has 7 nitrogen and oxygen atoms in total. The summed E-state index contributed by atoms with van der Waals surface area (Å²) >= 11 is 0. The van der Waals surface area contributed by atoms with Crippen molar-refractivity contribution in [3.63, 3.8) is 0 Å². The van der Waals surface area contributed by atoms with Crippen molar-refractivity contribution in [3.05, 3.63) is 88.2 Å². The van der Waals surface area contributed by atoms with E-state index in [2.05, 4.69) is 9.83 Å². The van der Waals surface area contributed by atoms with Crippen molar-refractivity contribution < 1.29 is 9.66 Å². The van der Waals surface area contributed by atoms with Crippen molar-refractivity contribution in [2.24, 2.45) is 0 Å². The van der Waals surface area contributed by atoms with Crippen molar-refractivity contribution in [1.29, 1.82) is 0 Å². The minimum Gasteiger partial charge on any atom is -0.497 e. The van der Waals surface area contributed by atoms with E-state index in [-0.39, 0.29) is 5.69 Å². The van der Waals surface area contributed by atoms with E-state index >= 15 is 0 Å². The fraction of sp³-hybridized carbons (Fsp3) is 0.0909. The molecule has 0 aliphatic rings. The lowest BCUT2D eigenvalue weighted by Crippen LogP contribution is -1.95. The van der Waals surface area contributed by atoms with Gasteiger partial charge in [-0.1, -0.05) is 6.07 Å². The molecule has 0 N–H and O–H groups in total. The molecule has 0 radical (unpaired) electrons. The second-order valence-corrected chi connectivity index (χ2v) is 6.51. The standard InChI is InChI=1S/C22H16N4O3/c1-14-19(11-24-12-22(14)26(27)28)20-13-25(16-5-7-17(29-3)8-6-16)21-9-4-15(23-2)10-18(20)21/h4-13H,1,3H3. The fourth-order valence-electron chi connectivity index (χ4n) is 3.43. The van der Waals surface area contributed by atoms with E-state index in [1.807, 2.05) is 41.1 Å². The Hall–Kier alpha value is -4.18.